The van der Waals surface area contributed by atoms with E-state index >= 15 is 0 Å². The first kappa shape index (κ1) is 8.48. The molecule has 13 heavy (non-hydrogen) atoms. The molecule has 3 heteroatoms. The van der Waals surface area contributed by atoms with Crippen molar-refractivity contribution in [1.82, 2.24) is 9.97 Å². The SMILES string of the molecule is CC(C)c1ncncc1OC1CC1. The predicted molar refractivity (Wildman–Crippen MR) is 49.8 cm³/mol. The summed E-state index contributed by atoms with van der Waals surface area (Å²) in [6, 6.07) is 0. The number of aromatic nitrogens is 2. The average Bonchev–Trinajstić information content (AvgIpc) is 2.89. The van der Waals surface area contributed by atoms with E-state index in [0.717, 1.165) is 11.4 Å². The molecule has 1 aromatic rings. The van der Waals surface area contributed by atoms with Gasteiger partial charge in [-0.05, 0) is 18.8 Å². The van der Waals surface area contributed by atoms with Crippen molar-refractivity contribution in [3.05, 3.63) is 18.2 Å². The Hall–Kier alpha value is -1.12. The Balaban J connectivity index is 2.20. The Bertz CT molecular complexity index is 295. The summed E-state index contributed by atoms with van der Waals surface area (Å²) in [5.74, 6) is 1.26. The molecule has 0 radical (unpaired) electrons. The first-order valence-corrected chi connectivity index (χ1v) is 4.74. The molecule has 1 aliphatic carbocycles. The summed E-state index contributed by atoms with van der Waals surface area (Å²) in [6.45, 7) is 4.23. The molecular weight excluding hydrogens is 164 g/mol. The fourth-order valence-corrected chi connectivity index (χ4v) is 1.22. The van der Waals surface area contributed by atoms with Gasteiger partial charge < -0.3 is 4.74 Å². The third-order valence-electron chi connectivity index (χ3n) is 2.07. The van der Waals surface area contributed by atoms with Crippen LogP contribution in [0.15, 0.2) is 12.5 Å². The molecule has 3 nitrogen and oxygen atoms in total. The Morgan fingerprint density at radius 2 is 2.23 bits per heavy atom. The van der Waals surface area contributed by atoms with Gasteiger partial charge in [-0.3, -0.25) is 0 Å². The quantitative estimate of drug-likeness (QED) is 0.711. The van der Waals surface area contributed by atoms with E-state index in [9.17, 15) is 0 Å². The van der Waals surface area contributed by atoms with E-state index in [1.807, 2.05) is 0 Å². The molecule has 0 aromatic carbocycles. The number of hydrogen-bond acceptors (Lipinski definition) is 3. The van der Waals surface area contributed by atoms with Crippen molar-refractivity contribution >= 4 is 0 Å². The van der Waals surface area contributed by atoms with Crippen LogP contribution >= 0.6 is 0 Å². The maximum atomic E-state index is 5.69. The lowest BCUT2D eigenvalue weighted by molar-refractivity contribution is 0.295. The summed E-state index contributed by atoms with van der Waals surface area (Å²) >= 11 is 0. The maximum absolute atomic E-state index is 5.69. The molecule has 1 heterocycles. The van der Waals surface area contributed by atoms with Crippen LogP contribution in [0.4, 0.5) is 0 Å². The highest BCUT2D eigenvalue weighted by Crippen LogP contribution is 2.30. The van der Waals surface area contributed by atoms with Gasteiger partial charge in [0, 0.05) is 0 Å². The third kappa shape index (κ3) is 1.97. The zero-order valence-corrected chi connectivity index (χ0v) is 8.03. The Morgan fingerprint density at radius 3 is 2.85 bits per heavy atom. The van der Waals surface area contributed by atoms with Gasteiger partial charge >= 0.3 is 0 Å². The molecule has 0 N–H and O–H groups in total. The number of ether oxygens (including phenoxy) is 1. The van der Waals surface area contributed by atoms with E-state index < -0.39 is 0 Å². The van der Waals surface area contributed by atoms with E-state index in [-0.39, 0.29) is 0 Å². The zero-order valence-electron chi connectivity index (χ0n) is 8.03. The van der Waals surface area contributed by atoms with Crippen LogP contribution in [0.2, 0.25) is 0 Å². The molecule has 0 atom stereocenters. The van der Waals surface area contributed by atoms with Gasteiger partial charge in [-0.25, -0.2) is 9.97 Å². The second kappa shape index (κ2) is 3.32. The van der Waals surface area contributed by atoms with Crippen molar-refractivity contribution in [2.75, 3.05) is 0 Å². The Kier molecular flexibility index (Phi) is 2.17. The largest absolute Gasteiger partial charge is 0.487 e. The molecule has 1 saturated carbocycles. The van der Waals surface area contributed by atoms with Crippen LogP contribution in [0.5, 0.6) is 5.75 Å². The number of rotatable bonds is 3. The summed E-state index contributed by atoms with van der Waals surface area (Å²) in [4.78, 5) is 8.20. The fraction of sp³-hybridized carbons (Fsp3) is 0.600. The summed E-state index contributed by atoms with van der Waals surface area (Å²) < 4.78 is 5.69. The van der Waals surface area contributed by atoms with Gasteiger partial charge in [0.1, 0.15) is 6.33 Å². The minimum Gasteiger partial charge on any atom is -0.487 e. The molecule has 0 aliphatic heterocycles. The van der Waals surface area contributed by atoms with Crippen LogP contribution in [-0.4, -0.2) is 16.1 Å². The molecular formula is C10H14N2O. The molecule has 1 fully saturated rings. The minimum atomic E-state index is 0.400. The Labute approximate surface area is 78.2 Å². The molecule has 70 valence electrons. The van der Waals surface area contributed by atoms with Crippen molar-refractivity contribution in [2.24, 2.45) is 0 Å². The topological polar surface area (TPSA) is 35.0 Å². The van der Waals surface area contributed by atoms with E-state index in [0.29, 0.717) is 12.0 Å². The lowest BCUT2D eigenvalue weighted by Gasteiger charge is -2.10. The number of hydrogen-bond donors (Lipinski definition) is 0. The fourth-order valence-electron chi connectivity index (χ4n) is 1.22. The van der Waals surface area contributed by atoms with Gasteiger partial charge in [0.05, 0.1) is 18.0 Å². The van der Waals surface area contributed by atoms with Gasteiger partial charge in [-0.1, -0.05) is 13.8 Å². The van der Waals surface area contributed by atoms with Crippen molar-refractivity contribution < 1.29 is 4.74 Å². The average molecular weight is 178 g/mol. The molecule has 0 bridgehead atoms. The van der Waals surface area contributed by atoms with Crippen molar-refractivity contribution in [2.45, 2.75) is 38.7 Å². The first-order chi connectivity index (χ1) is 6.27. The summed E-state index contributed by atoms with van der Waals surface area (Å²) in [5, 5.41) is 0. The zero-order chi connectivity index (χ0) is 9.26. The van der Waals surface area contributed by atoms with E-state index in [1.54, 1.807) is 12.5 Å². The normalized spacial score (nSPS) is 16.2. The second-order valence-corrected chi connectivity index (χ2v) is 3.74. The highest BCUT2D eigenvalue weighted by Gasteiger charge is 2.25. The monoisotopic (exact) mass is 178 g/mol. The van der Waals surface area contributed by atoms with E-state index in [1.165, 1.54) is 12.8 Å². The van der Waals surface area contributed by atoms with Crippen LogP contribution in [0, 0.1) is 0 Å². The standard InChI is InChI=1S/C10H14N2O/c1-7(2)10-9(5-11-6-12-10)13-8-3-4-8/h5-8H,3-4H2,1-2H3. The molecule has 0 saturated heterocycles. The molecule has 0 amide bonds. The second-order valence-electron chi connectivity index (χ2n) is 3.74. The molecule has 1 aromatic heterocycles. The maximum Gasteiger partial charge on any atom is 0.159 e. The van der Waals surface area contributed by atoms with Gasteiger partial charge in [-0.15, -0.1) is 0 Å². The van der Waals surface area contributed by atoms with Crippen LogP contribution in [0.25, 0.3) is 0 Å². The van der Waals surface area contributed by atoms with Crippen molar-refractivity contribution in [3.8, 4) is 5.75 Å². The van der Waals surface area contributed by atoms with Crippen LogP contribution in [0.3, 0.4) is 0 Å². The van der Waals surface area contributed by atoms with Crippen LogP contribution in [-0.2, 0) is 0 Å². The van der Waals surface area contributed by atoms with Crippen LogP contribution in [0.1, 0.15) is 38.3 Å². The lowest BCUT2D eigenvalue weighted by atomic mass is 10.1. The Morgan fingerprint density at radius 1 is 1.46 bits per heavy atom. The third-order valence-corrected chi connectivity index (χ3v) is 2.07. The summed E-state index contributed by atoms with van der Waals surface area (Å²) in [5.41, 5.74) is 1.02. The molecule has 1 aliphatic rings. The molecule has 2 rings (SSSR count). The van der Waals surface area contributed by atoms with Gasteiger partial charge in [-0.2, -0.15) is 0 Å². The molecule has 0 spiro atoms. The summed E-state index contributed by atoms with van der Waals surface area (Å²) in [7, 11) is 0. The highest BCUT2D eigenvalue weighted by atomic mass is 16.5. The van der Waals surface area contributed by atoms with Gasteiger partial charge in [0.15, 0.2) is 5.75 Å². The van der Waals surface area contributed by atoms with Crippen molar-refractivity contribution in [3.63, 3.8) is 0 Å². The van der Waals surface area contributed by atoms with Gasteiger partial charge in [0.25, 0.3) is 0 Å². The van der Waals surface area contributed by atoms with Crippen molar-refractivity contribution in [1.29, 1.82) is 0 Å². The van der Waals surface area contributed by atoms with Gasteiger partial charge in [0.2, 0.25) is 0 Å². The lowest BCUT2D eigenvalue weighted by Crippen LogP contribution is -2.03. The smallest absolute Gasteiger partial charge is 0.159 e. The predicted octanol–water partition coefficient (Wildman–Crippen LogP) is 2.14. The van der Waals surface area contributed by atoms with E-state index in [2.05, 4.69) is 23.8 Å². The van der Waals surface area contributed by atoms with E-state index in [4.69, 9.17) is 4.74 Å². The van der Waals surface area contributed by atoms with Crippen LogP contribution < -0.4 is 4.74 Å². The number of nitrogens with zero attached hydrogens (tertiary/aromatic N) is 2. The minimum absolute atomic E-state index is 0.400. The molecule has 0 unspecified atom stereocenters. The summed E-state index contributed by atoms with van der Waals surface area (Å²) in [6.07, 6.45) is 6.11. The highest BCUT2D eigenvalue weighted by molar-refractivity contribution is 5.26. The first-order valence-electron chi connectivity index (χ1n) is 4.74.